The summed E-state index contributed by atoms with van der Waals surface area (Å²) in [4.78, 5) is 0. The van der Waals surface area contributed by atoms with Crippen LogP contribution in [0.1, 0.15) is 59.7 Å². The Kier molecular flexibility index (Phi) is 2.48. The van der Waals surface area contributed by atoms with Crippen molar-refractivity contribution >= 4 is 7.28 Å². The van der Waals surface area contributed by atoms with Gasteiger partial charge in [-0.05, 0) is 0 Å². The first kappa shape index (κ1) is 8.65. The Morgan fingerprint density at radius 2 is 2.00 bits per heavy atom. The van der Waals surface area contributed by atoms with Crippen LogP contribution in [0, 0.1) is 0 Å². The standard InChI is InChI=1S/C11H21B.H2/c1-2-7-11-8-3-5-10(12-11)6-4-9-11;/h10,12H,2-9H2,1H3;1H. The first-order valence-electron chi connectivity index (χ1n) is 5.85. The molecule has 2 heterocycles. The Hall–Kier alpha value is 0.0649. The molecule has 0 saturated carbocycles. The van der Waals surface area contributed by atoms with Crippen molar-refractivity contribution < 1.29 is 1.43 Å². The van der Waals surface area contributed by atoms with Crippen molar-refractivity contribution in [1.82, 2.24) is 0 Å². The molecule has 12 heavy (non-hydrogen) atoms. The average Bonchev–Trinajstić information content (AvgIpc) is 2.04. The summed E-state index contributed by atoms with van der Waals surface area (Å²) in [6, 6.07) is 0. The van der Waals surface area contributed by atoms with Crippen LogP contribution < -0.4 is 0 Å². The van der Waals surface area contributed by atoms with Crippen molar-refractivity contribution in [2.24, 2.45) is 0 Å². The van der Waals surface area contributed by atoms with Gasteiger partial charge in [0.25, 0.3) is 0 Å². The molecule has 2 bridgehead atoms. The third-order valence-corrected chi connectivity index (χ3v) is 4.14. The minimum Gasteiger partial charge on any atom is -0.0654 e. The second-order valence-electron chi connectivity index (χ2n) is 5.10. The lowest BCUT2D eigenvalue weighted by atomic mass is 9.35. The van der Waals surface area contributed by atoms with Gasteiger partial charge in [0.05, 0.1) is 0 Å². The van der Waals surface area contributed by atoms with E-state index in [1.807, 2.05) is 0 Å². The van der Waals surface area contributed by atoms with Gasteiger partial charge in [0.2, 0.25) is 0 Å². The van der Waals surface area contributed by atoms with Crippen molar-refractivity contribution in [2.75, 3.05) is 0 Å². The largest absolute Gasteiger partial charge is 0.131 e. The normalized spacial score (nSPS) is 40.6. The molecular weight excluding hydrogens is 143 g/mol. The summed E-state index contributed by atoms with van der Waals surface area (Å²) in [6.07, 6.45) is 12.2. The van der Waals surface area contributed by atoms with E-state index >= 15 is 0 Å². The van der Waals surface area contributed by atoms with E-state index in [1.165, 1.54) is 25.7 Å². The molecule has 2 aliphatic rings. The first-order chi connectivity index (χ1) is 5.85. The summed E-state index contributed by atoms with van der Waals surface area (Å²) in [5.41, 5.74) is 0. The maximum absolute atomic E-state index is 2.35. The van der Waals surface area contributed by atoms with Crippen molar-refractivity contribution in [2.45, 2.75) is 69.4 Å². The predicted molar refractivity (Wildman–Crippen MR) is 58.3 cm³/mol. The van der Waals surface area contributed by atoms with Crippen molar-refractivity contribution in [3.05, 3.63) is 0 Å². The zero-order valence-corrected chi connectivity index (χ0v) is 8.44. The Morgan fingerprint density at radius 1 is 1.33 bits per heavy atom. The quantitative estimate of drug-likeness (QED) is 0.547. The Balaban J connectivity index is 0.000000845. The topological polar surface area (TPSA) is 0 Å². The number of hydrogen-bond acceptors (Lipinski definition) is 0. The third kappa shape index (κ3) is 1.55. The molecule has 0 aromatic rings. The van der Waals surface area contributed by atoms with Crippen LogP contribution in [0.3, 0.4) is 0 Å². The van der Waals surface area contributed by atoms with E-state index in [1.54, 1.807) is 33.0 Å². The fraction of sp³-hybridized carbons (Fsp3) is 1.00. The van der Waals surface area contributed by atoms with E-state index in [-0.39, 0.29) is 1.43 Å². The Labute approximate surface area is 78.8 Å². The smallest absolute Gasteiger partial charge is 0.0654 e. The minimum absolute atomic E-state index is 0. The molecule has 0 amide bonds. The van der Waals surface area contributed by atoms with E-state index in [9.17, 15) is 0 Å². The van der Waals surface area contributed by atoms with Gasteiger partial charge in [-0.1, -0.05) is 69.4 Å². The van der Waals surface area contributed by atoms with Gasteiger partial charge in [-0.25, -0.2) is 0 Å². The molecule has 0 radical (unpaired) electrons. The molecule has 2 aliphatic heterocycles. The third-order valence-electron chi connectivity index (χ3n) is 4.14. The Bertz CT molecular complexity index is 143. The molecule has 0 nitrogen and oxygen atoms in total. The molecule has 70 valence electrons. The van der Waals surface area contributed by atoms with Crippen LogP contribution in [0.4, 0.5) is 0 Å². The van der Waals surface area contributed by atoms with E-state index < -0.39 is 0 Å². The van der Waals surface area contributed by atoms with Crippen LogP contribution in [-0.4, -0.2) is 7.28 Å². The maximum Gasteiger partial charge on any atom is 0.131 e. The maximum atomic E-state index is 2.35. The number of rotatable bonds is 2. The highest BCUT2D eigenvalue weighted by atomic mass is 14.3. The van der Waals surface area contributed by atoms with Crippen molar-refractivity contribution in [3.8, 4) is 0 Å². The molecule has 2 fully saturated rings. The summed E-state index contributed by atoms with van der Waals surface area (Å²) < 4.78 is 0. The zero-order chi connectivity index (χ0) is 8.44. The fourth-order valence-electron chi connectivity index (χ4n) is 3.70. The van der Waals surface area contributed by atoms with Crippen LogP contribution in [-0.2, 0) is 0 Å². The van der Waals surface area contributed by atoms with Gasteiger partial charge in [-0.2, -0.15) is 0 Å². The molecular formula is C11H23B. The highest BCUT2D eigenvalue weighted by molar-refractivity contribution is 6.42. The lowest BCUT2D eigenvalue weighted by molar-refractivity contribution is 0.330. The molecule has 0 aliphatic carbocycles. The molecule has 0 spiro atoms. The van der Waals surface area contributed by atoms with E-state index in [4.69, 9.17) is 0 Å². The first-order valence-corrected chi connectivity index (χ1v) is 5.85. The van der Waals surface area contributed by atoms with Crippen molar-refractivity contribution in [3.63, 3.8) is 0 Å². The molecule has 0 aromatic heterocycles. The van der Waals surface area contributed by atoms with Gasteiger partial charge in [-0.15, -0.1) is 0 Å². The minimum atomic E-state index is 0. The van der Waals surface area contributed by atoms with E-state index in [2.05, 4.69) is 6.92 Å². The molecule has 1 heteroatoms. The molecule has 2 saturated heterocycles. The van der Waals surface area contributed by atoms with Gasteiger partial charge in [0.1, 0.15) is 7.28 Å². The molecule has 0 unspecified atom stereocenters. The van der Waals surface area contributed by atoms with Gasteiger partial charge in [0, 0.05) is 1.43 Å². The van der Waals surface area contributed by atoms with Crippen LogP contribution in [0.5, 0.6) is 0 Å². The van der Waals surface area contributed by atoms with Crippen LogP contribution >= 0.6 is 0 Å². The molecule has 0 atom stereocenters. The van der Waals surface area contributed by atoms with Crippen LogP contribution in [0.15, 0.2) is 0 Å². The predicted octanol–water partition coefficient (Wildman–Crippen LogP) is 3.78. The number of hydrogen-bond donors (Lipinski definition) is 0. The van der Waals surface area contributed by atoms with Gasteiger partial charge in [-0.3, -0.25) is 0 Å². The zero-order valence-electron chi connectivity index (χ0n) is 8.44. The highest BCUT2D eigenvalue weighted by Gasteiger charge is 2.39. The van der Waals surface area contributed by atoms with Crippen molar-refractivity contribution in [1.29, 1.82) is 0 Å². The lowest BCUT2D eigenvalue weighted by Gasteiger charge is -2.44. The summed E-state index contributed by atoms with van der Waals surface area (Å²) >= 11 is 0. The van der Waals surface area contributed by atoms with E-state index in [0.717, 1.165) is 11.1 Å². The molecule has 0 aromatic carbocycles. The fourth-order valence-corrected chi connectivity index (χ4v) is 3.70. The average molecular weight is 166 g/mol. The Morgan fingerprint density at radius 3 is 2.58 bits per heavy atom. The summed E-state index contributed by atoms with van der Waals surface area (Å²) in [5, 5.41) is 0.829. The SMILES string of the molecule is CCCC12BC(CCC1)CCC2.[HH]. The second kappa shape index (κ2) is 3.43. The van der Waals surface area contributed by atoms with Crippen LogP contribution in [0.25, 0.3) is 0 Å². The van der Waals surface area contributed by atoms with E-state index in [0.29, 0.717) is 0 Å². The molecule has 2 rings (SSSR count). The van der Waals surface area contributed by atoms with Gasteiger partial charge in [0.15, 0.2) is 0 Å². The second-order valence-corrected chi connectivity index (χ2v) is 5.10. The summed E-state index contributed by atoms with van der Waals surface area (Å²) in [7, 11) is 1.58. The monoisotopic (exact) mass is 166 g/mol. The lowest BCUT2D eigenvalue weighted by Crippen LogP contribution is -2.32. The molecule has 0 N–H and O–H groups in total. The highest BCUT2D eigenvalue weighted by Crippen LogP contribution is 2.53. The van der Waals surface area contributed by atoms with Crippen LogP contribution in [0.2, 0.25) is 11.1 Å². The number of fused-ring (bicyclic) bond motifs is 2. The van der Waals surface area contributed by atoms with Gasteiger partial charge < -0.3 is 0 Å². The summed E-state index contributed by atoms with van der Waals surface area (Å²) in [5.74, 6) is 1.12. The summed E-state index contributed by atoms with van der Waals surface area (Å²) in [6.45, 7) is 2.35. The van der Waals surface area contributed by atoms with Gasteiger partial charge >= 0.3 is 0 Å².